The molecule has 2 aliphatic rings. The van der Waals surface area contributed by atoms with Crippen molar-refractivity contribution in [3.63, 3.8) is 0 Å². The molecule has 0 saturated carbocycles. The number of amides is 2. The van der Waals surface area contributed by atoms with Gasteiger partial charge >= 0.3 is 6.09 Å². The second kappa shape index (κ2) is 7.77. The highest BCUT2D eigenvalue weighted by Gasteiger charge is 2.48. The first-order chi connectivity index (χ1) is 15.8. The van der Waals surface area contributed by atoms with Crippen LogP contribution in [-0.2, 0) is 10.3 Å². The number of nitrogens with one attached hydrogen (secondary N) is 1. The number of fused-ring (bicyclic) bond motifs is 2. The van der Waals surface area contributed by atoms with E-state index in [9.17, 15) is 9.59 Å². The molecule has 1 saturated heterocycles. The Morgan fingerprint density at radius 3 is 2.88 bits per heavy atom. The number of aryl methyl sites for hydroxylation is 1. The predicted molar refractivity (Wildman–Crippen MR) is 121 cm³/mol. The molecule has 1 atom stereocenters. The molecule has 0 radical (unpaired) electrons. The molecule has 0 unspecified atom stereocenters. The van der Waals surface area contributed by atoms with Crippen LogP contribution in [0.3, 0.4) is 0 Å². The molecule has 170 valence electrons. The summed E-state index contributed by atoms with van der Waals surface area (Å²) in [6.07, 6.45) is 1.57. The van der Waals surface area contributed by atoms with E-state index in [0.29, 0.717) is 19.4 Å². The Kier molecular flexibility index (Phi) is 5.01. The fourth-order valence-electron chi connectivity index (χ4n) is 4.63. The number of carbonyl (C=O) groups excluding carboxylic acids is 2. The molecule has 1 spiro atoms. The van der Waals surface area contributed by atoms with E-state index in [-0.39, 0.29) is 40.1 Å². The molecule has 1 fully saturated rings. The van der Waals surface area contributed by atoms with Gasteiger partial charge in [-0.25, -0.2) is 13.9 Å². The van der Waals surface area contributed by atoms with Gasteiger partial charge in [-0.05, 0) is 43.5 Å². The average molecular weight is 470 g/mol. The number of ether oxygens (including phenoxy) is 1. The molecule has 10 heteroatoms. The van der Waals surface area contributed by atoms with Gasteiger partial charge in [0.05, 0.1) is 34.7 Å². The number of nitrogens with two attached hydrogens (primary N) is 1. The molecule has 5 rings (SSSR count). The number of piperidine rings is 1. The van der Waals surface area contributed by atoms with E-state index in [1.165, 1.54) is 27.9 Å². The van der Waals surface area contributed by atoms with Gasteiger partial charge in [-0.2, -0.15) is 5.10 Å². The number of benzene rings is 2. The van der Waals surface area contributed by atoms with E-state index in [0.717, 1.165) is 11.3 Å². The predicted octanol–water partition coefficient (Wildman–Crippen LogP) is 4.25. The van der Waals surface area contributed by atoms with Crippen molar-refractivity contribution in [1.29, 1.82) is 0 Å². The number of anilines is 2. The Morgan fingerprint density at radius 1 is 1.30 bits per heavy atom. The molecule has 3 aromatic rings. The fraction of sp³-hybridized carbons (Fsp3) is 0.261. The number of nitrogen functional groups attached to an aromatic ring is 1. The lowest BCUT2D eigenvalue weighted by Crippen LogP contribution is -2.53. The molecule has 8 nitrogen and oxygen atoms in total. The smallest absolute Gasteiger partial charge is 0.412 e. The molecule has 2 amide bonds. The standard InChI is InChI=1S/C23H21ClFN5O3/c1-13-5-2-3-6-17(13)30-20(26)14(11-27-30)21(31)29-10-4-9-23(12-29)18-16(28-22(32)33-23)8-7-15(24)19(18)25/h2-3,5-8,11H,4,9-10,12,26H2,1H3,(H,28,32)/t23-/m0/s1. The minimum atomic E-state index is -1.35. The van der Waals surface area contributed by atoms with E-state index in [4.69, 9.17) is 22.1 Å². The highest BCUT2D eigenvalue weighted by atomic mass is 35.5. The average Bonchev–Trinajstić information content (AvgIpc) is 3.17. The first-order valence-corrected chi connectivity index (χ1v) is 10.9. The van der Waals surface area contributed by atoms with Crippen LogP contribution in [0.1, 0.15) is 34.3 Å². The summed E-state index contributed by atoms with van der Waals surface area (Å²) in [5, 5.41) is 6.74. The summed E-state index contributed by atoms with van der Waals surface area (Å²) in [5.41, 5.74) is 7.34. The lowest BCUT2D eigenvalue weighted by atomic mass is 9.83. The Bertz CT molecular complexity index is 1290. The van der Waals surface area contributed by atoms with Crippen LogP contribution < -0.4 is 11.1 Å². The monoisotopic (exact) mass is 469 g/mol. The van der Waals surface area contributed by atoms with E-state index >= 15 is 4.39 Å². The van der Waals surface area contributed by atoms with Crippen LogP contribution in [0.25, 0.3) is 5.69 Å². The van der Waals surface area contributed by atoms with Gasteiger partial charge in [0.1, 0.15) is 11.4 Å². The van der Waals surface area contributed by atoms with Gasteiger partial charge in [-0.1, -0.05) is 29.8 Å². The van der Waals surface area contributed by atoms with Gasteiger partial charge in [0.15, 0.2) is 11.4 Å². The minimum Gasteiger partial charge on any atom is -0.436 e. The van der Waals surface area contributed by atoms with Gasteiger partial charge in [0.2, 0.25) is 0 Å². The number of likely N-dealkylation sites (tertiary alicyclic amines) is 1. The lowest BCUT2D eigenvalue weighted by molar-refractivity contribution is -0.0418. The summed E-state index contributed by atoms with van der Waals surface area (Å²) in [6.45, 7) is 2.30. The van der Waals surface area contributed by atoms with Crippen LogP contribution in [0.2, 0.25) is 5.02 Å². The van der Waals surface area contributed by atoms with Crippen molar-refractivity contribution in [1.82, 2.24) is 14.7 Å². The largest absolute Gasteiger partial charge is 0.436 e. The number of nitrogens with zero attached hydrogens (tertiary/aromatic N) is 3. The number of hydrogen-bond donors (Lipinski definition) is 2. The zero-order chi connectivity index (χ0) is 23.3. The SMILES string of the molecule is Cc1ccccc1-n1ncc(C(=O)N2CCC[C@@]3(C2)OC(=O)Nc2ccc(Cl)c(F)c23)c1N. The minimum absolute atomic E-state index is 0.0293. The van der Waals surface area contributed by atoms with E-state index in [2.05, 4.69) is 10.4 Å². The van der Waals surface area contributed by atoms with E-state index < -0.39 is 17.5 Å². The van der Waals surface area contributed by atoms with Crippen LogP contribution >= 0.6 is 11.6 Å². The lowest BCUT2D eigenvalue weighted by Gasteiger charge is -2.45. The molecule has 33 heavy (non-hydrogen) atoms. The first-order valence-electron chi connectivity index (χ1n) is 10.5. The topological polar surface area (TPSA) is 102 Å². The summed E-state index contributed by atoms with van der Waals surface area (Å²) in [5.74, 6) is -0.841. The molecule has 2 aromatic carbocycles. The van der Waals surface area contributed by atoms with Gasteiger partial charge in [0.25, 0.3) is 5.91 Å². The van der Waals surface area contributed by atoms with Gasteiger partial charge in [0, 0.05) is 6.54 Å². The summed E-state index contributed by atoms with van der Waals surface area (Å²) in [4.78, 5) is 27.2. The number of carbonyl (C=O) groups is 2. The zero-order valence-corrected chi connectivity index (χ0v) is 18.5. The zero-order valence-electron chi connectivity index (χ0n) is 17.8. The van der Waals surface area contributed by atoms with Crippen molar-refractivity contribution >= 4 is 35.1 Å². The number of para-hydroxylation sites is 1. The van der Waals surface area contributed by atoms with Crippen LogP contribution in [0, 0.1) is 12.7 Å². The van der Waals surface area contributed by atoms with Crippen LogP contribution in [-0.4, -0.2) is 39.8 Å². The first kappa shape index (κ1) is 21.3. The number of rotatable bonds is 2. The highest BCUT2D eigenvalue weighted by Crippen LogP contribution is 2.45. The van der Waals surface area contributed by atoms with Crippen LogP contribution in [0.4, 0.5) is 20.7 Å². The van der Waals surface area contributed by atoms with Crippen molar-refractivity contribution in [2.24, 2.45) is 0 Å². The Hall–Kier alpha value is -3.59. The van der Waals surface area contributed by atoms with Crippen molar-refractivity contribution in [2.75, 3.05) is 24.1 Å². The second-order valence-electron chi connectivity index (χ2n) is 8.26. The molecule has 3 heterocycles. The van der Waals surface area contributed by atoms with Crippen molar-refractivity contribution in [3.8, 4) is 5.69 Å². The Balaban J connectivity index is 1.50. The van der Waals surface area contributed by atoms with E-state index in [1.54, 1.807) is 0 Å². The quantitative estimate of drug-likeness (QED) is 0.584. The summed E-state index contributed by atoms with van der Waals surface area (Å²) < 4.78 is 22.2. The third-order valence-corrected chi connectivity index (χ3v) is 6.49. The molecule has 1 aromatic heterocycles. The maximum absolute atomic E-state index is 15.1. The molecule has 2 aliphatic heterocycles. The summed E-state index contributed by atoms with van der Waals surface area (Å²) >= 11 is 6.02. The molecular weight excluding hydrogens is 449 g/mol. The van der Waals surface area contributed by atoms with Crippen molar-refractivity contribution < 1.29 is 18.7 Å². The normalized spacial score (nSPS) is 19.7. The fourth-order valence-corrected chi connectivity index (χ4v) is 4.79. The van der Waals surface area contributed by atoms with Gasteiger partial charge in [-0.3, -0.25) is 10.1 Å². The van der Waals surface area contributed by atoms with Gasteiger partial charge in [-0.15, -0.1) is 0 Å². The van der Waals surface area contributed by atoms with Crippen LogP contribution in [0.15, 0.2) is 42.6 Å². The number of hydrogen-bond acceptors (Lipinski definition) is 5. The third kappa shape index (κ3) is 3.39. The van der Waals surface area contributed by atoms with E-state index in [1.807, 2.05) is 31.2 Å². The summed E-state index contributed by atoms with van der Waals surface area (Å²) in [7, 11) is 0. The van der Waals surface area contributed by atoms with Crippen molar-refractivity contribution in [3.05, 3.63) is 70.1 Å². The van der Waals surface area contributed by atoms with Crippen molar-refractivity contribution in [2.45, 2.75) is 25.4 Å². The Labute approximate surface area is 194 Å². The molecular formula is C23H21ClFN5O3. The highest BCUT2D eigenvalue weighted by molar-refractivity contribution is 6.31. The summed E-state index contributed by atoms with van der Waals surface area (Å²) in [6, 6.07) is 10.5. The van der Waals surface area contributed by atoms with Crippen LogP contribution in [0.5, 0.6) is 0 Å². The maximum atomic E-state index is 15.1. The third-order valence-electron chi connectivity index (χ3n) is 6.20. The molecule has 0 aliphatic carbocycles. The second-order valence-corrected chi connectivity index (χ2v) is 8.67. The Morgan fingerprint density at radius 2 is 2.09 bits per heavy atom. The number of aromatic nitrogens is 2. The van der Waals surface area contributed by atoms with Gasteiger partial charge < -0.3 is 15.4 Å². The number of halogens is 2. The maximum Gasteiger partial charge on any atom is 0.412 e. The molecule has 3 N–H and O–H groups in total. The molecule has 0 bridgehead atoms.